The molecule has 106 valence electrons. The van der Waals surface area contributed by atoms with E-state index >= 15 is 0 Å². The fourth-order valence-corrected chi connectivity index (χ4v) is 2.30. The highest BCUT2D eigenvalue weighted by molar-refractivity contribution is 7.15. The summed E-state index contributed by atoms with van der Waals surface area (Å²) in [6.45, 7) is 6.78. The van der Waals surface area contributed by atoms with Crippen LogP contribution in [0.25, 0.3) is 0 Å². The van der Waals surface area contributed by atoms with E-state index in [2.05, 4.69) is 32.7 Å². The van der Waals surface area contributed by atoms with Crippen molar-refractivity contribution in [3.63, 3.8) is 0 Å². The molecule has 0 spiro atoms. The second kappa shape index (κ2) is 6.42. The van der Waals surface area contributed by atoms with E-state index in [1.807, 2.05) is 13.8 Å². The molecule has 2 aromatic rings. The molecular formula is C13H17N5OS. The second-order valence-corrected chi connectivity index (χ2v) is 5.55. The normalized spacial score (nSPS) is 10.3. The molecule has 2 heterocycles. The smallest absolute Gasteiger partial charge is 0.277 e. The maximum atomic E-state index is 12.0. The van der Waals surface area contributed by atoms with E-state index in [0.29, 0.717) is 10.9 Å². The lowest BCUT2D eigenvalue weighted by atomic mass is 10.3. The average Bonchev–Trinajstić information content (AvgIpc) is 2.75. The number of hydrogen-bond acceptors (Lipinski definition) is 6. The standard InChI is InChI=1S/C13H17N5OS/c1-4-7-14-11-6-5-10(17-18-11)12(19)16-13-15-8(2)9(3)20-13/h5-6H,4,7H2,1-3H3,(H,14,18)(H,15,16,19). The number of amides is 1. The van der Waals surface area contributed by atoms with Crippen LogP contribution in [0.1, 0.15) is 34.4 Å². The maximum absolute atomic E-state index is 12.0. The quantitative estimate of drug-likeness (QED) is 0.885. The predicted octanol–water partition coefficient (Wildman–Crippen LogP) is 2.62. The Labute approximate surface area is 121 Å². The summed E-state index contributed by atoms with van der Waals surface area (Å²) in [6.07, 6.45) is 1.01. The van der Waals surface area contributed by atoms with Crippen molar-refractivity contribution in [1.29, 1.82) is 0 Å². The summed E-state index contributed by atoms with van der Waals surface area (Å²) >= 11 is 1.45. The fourth-order valence-electron chi connectivity index (χ4n) is 1.49. The summed E-state index contributed by atoms with van der Waals surface area (Å²) in [7, 11) is 0. The first-order valence-corrected chi connectivity index (χ1v) is 7.24. The summed E-state index contributed by atoms with van der Waals surface area (Å²) in [5.41, 5.74) is 1.20. The molecule has 0 aromatic carbocycles. The van der Waals surface area contributed by atoms with E-state index < -0.39 is 0 Å². The molecule has 2 N–H and O–H groups in total. The van der Waals surface area contributed by atoms with Gasteiger partial charge in [-0.1, -0.05) is 6.92 Å². The molecule has 0 aliphatic heterocycles. The molecule has 0 bridgehead atoms. The minimum Gasteiger partial charge on any atom is -0.369 e. The predicted molar refractivity (Wildman–Crippen MR) is 80.4 cm³/mol. The molecular weight excluding hydrogens is 274 g/mol. The van der Waals surface area contributed by atoms with Gasteiger partial charge in [0.2, 0.25) is 0 Å². The van der Waals surface area contributed by atoms with Gasteiger partial charge in [-0.15, -0.1) is 21.5 Å². The molecule has 2 aromatic heterocycles. The molecule has 0 fully saturated rings. The molecule has 0 aliphatic carbocycles. The number of nitrogens with one attached hydrogen (secondary N) is 2. The van der Waals surface area contributed by atoms with E-state index in [4.69, 9.17) is 0 Å². The van der Waals surface area contributed by atoms with Crippen molar-refractivity contribution in [2.75, 3.05) is 17.2 Å². The SMILES string of the molecule is CCCNc1ccc(C(=O)Nc2nc(C)c(C)s2)nn1. The Morgan fingerprint density at radius 2 is 2.10 bits per heavy atom. The van der Waals surface area contributed by atoms with Crippen molar-refractivity contribution in [1.82, 2.24) is 15.2 Å². The van der Waals surface area contributed by atoms with Crippen molar-refractivity contribution in [3.05, 3.63) is 28.4 Å². The first-order chi connectivity index (χ1) is 9.60. The number of anilines is 2. The van der Waals surface area contributed by atoms with Gasteiger partial charge in [0.05, 0.1) is 5.69 Å². The lowest BCUT2D eigenvalue weighted by Crippen LogP contribution is -2.14. The summed E-state index contributed by atoms with van der Waals surface area (Å²) in [5, 5.41) is 14.3. The van der Waals surface area contributed by atoms with Gasteiger partial charge in [-0.3, -0.25) is 10.1 Å². The Bertz CT molecular complexity index is 574. The van der Waals surface area contributed by atoms with Crippen LogP contribution in [-0.4, -0.2) is 27.6 Å². The number of aryl methyl sites for hydroxylation is 2. The molecule has 1 amide bonds. The Morgan fingerprint density at radius 1 is 1.30 bits per heavy atom. The lowest BCUT2D eigenvalue weighted by Gasteiger charge is -2.03. The third kappa shape index (κ3) is 3.51. The molecule has 2 rings (SSSR count). The van der Waals surface area contributed by atoms with Gasteiger partial charge in [0.25, 0.3) is 5.91 Å². The molecule has 0 radical (unpaired) electrons. The molecule has 0 unspecified atom stereocenters. The van der Waals surface area contributed by atoms with Crippen LogP contribution in [-0.2, 0) is 0 Å². The van der Waals surface area contributed by atoms with Crippen molar-refractivity contribution in [3.8, 4) is 0 Å². The topological polar surface area (TPSA) is 79.8 Å². The van der Waals surface area contributed by atoms with E-state index in [9.17, 15) is 4.79 Å². The van der Waals surface area contributed by atoms with E-state index in [-0.39, 0.29) is 11.6 Å². The first-order valence-electron chi connectivity index (χ1n) is 6.43. The zero-order valence-corrected chi connectivity index (χ0v) is 12.5. The molecule has 20 heavy (non-hydrogen) atoms. The van der Waals surface area contributed by atoms with Crippen LogP contribution < -0.4 is 10.6 Å². The van der Waals surface area contributed by atoms with Crippen LogP contribution >= 0.6 is 11.3 Å². The highest BCUT2D eigenvalue weighted by Gasteiger charge is 2.11. The molecule has 0 saturated carbocycles. The fraction of sp³-hybridized carbons (Fsp3) is 0.385. The zero-order chi connectivity index (χ0) is 14.5. The monoisotopic (exact) mass is 291 g/mol. The second-order valence-electron chi connectivity index (χ2n) is 4.35. The van der Waals surface area contributed by atoms with Crippen LogP contribution in [0.5, 0.6) is 0 Å². The van der Waals surface area contributed by atoms with Gasteiger partial charge in [-0.05, 0) is 32.4 Å². The third-order valence-corrected chi connectivity index (χ3v) is 3.69. The molecule has 0 saturated heterocycles. The van der Waals surface area contributed by atoms with E-state index in [1.54, 1.807) is 12.1 Å². The van der Waals surface area contributed by atoms with Crippen LogP contribution in [0, 0.1) is 13.8 Å². The van der Waals surface area contributed by atoms with Gasteiger partial charge < -0.3 is 5.32 Å². The van der Waals surface area contributed by atoms with Crippen LogP contribution in [0.3, 0.4) is 0 Å². The van der Waals surface area contributed by atoms with Crippen molar-refractivity contribution in [2.24, 2.45) is 0 Å². The van der Waals surface area contributed by atoms with E-state index in [1.165, 1.54) is 11.3 Å². The number of nitrogens with zero attached hydrogens (tertiary/aromatic N) is 3. The van der Waals surface area contributed by atoms with Crippen LogP contribution in [0.4, 0.5) is 10.9 Å². The van der Waals surface area contributed by atoms with Crippen LogP contribution in [0.15, 0.2) is 12.1 Å². The van der Waals surface area contributed by atoms with Gasteiger partial charge >= 0.3 is 0 Å². The Balaban J connectivity index is 2.01. The van der Waals surface area contributed by atoms with Gasteiger partial charge in [0, 0.05) is 11.4 Å². The molecule has 0 aliphatic rings. The summed E-state index contributed by atoms with van der Waals surface area (Å²) in [6, 6.07) is 3.39. The number of carbonyl (C=O) groups excluding carboxylic acids is 1. The highest BCUT2D eigenvalue weighted by atomic mass is 32.1. The van der Waals surface area contributed by atoms with Gasteiger partial charge in [0.1, 0.15) is 5.82 Å². The summed E-state index contributed by atoms with van der Waals surface area (Å²) in [4.78, 5) is 17.3. The largest absolute Gasteiger partial charge is 0.369 e. The third-order valence-electron chi connectivity index (χ3n) is 2.70. The Hall–Kier alpha value is -2.02. The summed E-state index contributed by atoms with van der Waals surface area (Å²) in [5.74, 6) is 0.373. The number of carbonyl (C=O) groups is 1. The number of hydrogen-bond donors (Lipinski definition) is 2. The van der Waals surface area contributed by atoms with E-state index in [0.717, 1.165) is 23.5 Å². The van der Waals surface area contributed by atoms with Gasteiger partial charge in [0.15, 0.2) is 10.8 Å². The maximum Gasteiger partial charge on any atom is 0.277 e. The Kier molecular flexibility index (Phi) is 4.62. The summed E-state index contributed by atoms with van der Waals surface area (Å²) < 4.78 is 0. The average molecular weight is 291 g/mol. The number of rotatable bonds is 5. The van der Waals surface area contributed by atoms with Gasteiger partial charge in [-0.2, -0.15) is 0 Å². The first kappa shape index (κ1) is 14.4. The minimum atomic E-state index is -0.298. The minimum absolute atomic E-state index is 0.276. The Morgan fingerprint density at radius 3 is 2.65 bits per heavy atom. The molecule has 0 atom stereocenters. The highest BCUT2D eigenvalue weighted by Crippen LogP contribution is 2.21. The molecule has 7 heteroatoms. The number of thiazole rings is 1. The van der Waals surface area contributed by atoms with Crippen molar-refractivity contribution >= 4 is 28.2 Å². The number of aromatic nitrogens is 3. The van der Waals surface area contributed by atoms with Gasteiger partial charge in [-0.25, -0.2) is 4.98 Å². The van der Waals surface area contributed by atoms with Crippen LogP contribution in [0.2, 0.25) is 0 Å². The molecule has 6 nitrogen and oxygen atoms in total. The zero-order valence-electron chi connectivity index (χ0n) is 11.7. The van der Waals surface area contributed by atoms with Crippen molar-refractivity contribution in [2.45, 2.75) is 27.2 Å². The van der Waals surface area contributed by atoms with Crippen molar-refractivity contribution < 1.29 is 4.79 Å². The lowest BCUT2D eigenvalue weighted by molar-refractivity contribution is 0.102.